The van der Waals surface area contributed by atoms with Crippen molar-refractivity contribution < 1.29 is 26.4 Å². The van der Waals surface area contributed by atoms with Gasteiger partial charge in [0.2, 0.25) is 15.9 Å². The van der Waals surface area contributed by atoms with Crippen LogP contribution in [0.5, 0.6) is 0 Å². The number of sulfonamides is 1. The Bertz CT molecular complexity index is 1080. The molecule has 6 nitrogen and oxygen atoms in total. The van der Waals surface area contributed by atoms with Gasteiger partial charge in [0.1, 0.15) is 6.04 Å². The van der Waals surface area contributed by atoms with Crippen LogP contribution in [0, 0.1) is 0 Å². The quantitative estimate of drug-likeness (QED) is 0.595. The Morgan fingerprint density at radius 2 is 1.68 bits per heavy atom. The molecule has 34 heavy (non-hydrogen) atoms. The van der Waals surface area contributed by atoms with Crippen LogP contribution in [0.3, 0.4) is 0 Å². The van der Waals surface area contributed by atoms with Crippen molar-refractivity contribution >= 4 is 21.6 Å². The molecule has 0 aromatic heterocycles. The van der Waals surface area contributed by atoms with E-state index in [1.54, 1.807) is 0 Å². The molecule has 186 valence electrons. The van der Waals surface area contributed by atoms with Gasteiger partial charge >= 0.3 is 6.18 Å². The first-order chi connectivity index (χ1) is 15.9. The molecule has 2 aromatic rings. The van der Waals surface area contributed by atoms with Gasteiger partial charge in [-0.3, -0.25) is 14.0 Å². The number of hydrogen-bond acceptors (Lipinski definition) is 4. The highest BCUT2D eigenvalue weighted by Gasteiger charge is 2.34. The van der Waals surface area contributed by atoms with Crippen molar-refractivity contribution in [2.75, 3.05) is 23.7 Å². The van der Waals surface area contributed by atoms with Crippen molar-refractivity contribution in [2.24, 2.45) is 0 Å². The van der Waals surface area contributed by atoms with Crippen LogP contribution in [0.15, 0.2) is 48.5 Å². The maximum atomic E-state index is 13.1. The number of likely N-dealkylation sites (tertiary alicyclic amines) is 1. The maximum absolute atomic E-state index is 13.1. The second-order valence-electron chi connectivity index (χ2n) is 8.65. The Morgan fingerprint density at radius 1 is 1.06 bits per heavy atom. The van der Waals surface area contributed by atoms with Gasteiger partial charge in [0, 0.05) is 13.1 Å². The summed E-state index contributed by atoms with van der Waals surface area (Å²) in [6.45, 7) is 4.59. The standard InChI is InChI=1S/C24H30F3N3O3S/c1-18(30(34(2,32)33)22-8-6-7-21(15-22)24(25,26)27)23(31)28-16-19-9-11-20(12-10-19)17-29-13-4-3-5-14-29/h6-12,15,18H,3-5,13-14,16-17H2,1-2H3,(H,28,31). The van der Waals surface area contributed by atoms with Crippen LogP contribution < -0.4 is 9.62 Å². The summed E-state index contributed by atoms with van der Waals surface area (Å²) in [5.41, 5.74) is 0.809. The average molecular weight is 498 g/mol. The monoisotopic (exact) mass is 497 g/mol. The molecular formula is C24H30F3N3O3S. The van der Waals surface area contributed by atoms with E-state index >= 15 is 0 Å². The molecule has 10 heteroatoms. The lowest BCUT2D eigenvalue weighted by atomic mass is 10.1. The highest BCUT2D eigenvalue weighted by molar-refractivity contribution is 7.92. The van der Waals surface area contributed by atoms with E-state index in [-0.39, 0.29) is 12.2 Å². The van der Waals surface area contributed by atoms with Crippen LogP contribution in [0.2, 0.25) is 0 Å². The number of carbonyl (C=O) groups excluding carboxylic acids is 1. The maximum Gasteiger partial charge on any atom is 0.416 e. The number of amides is 1. The fraction of sp³-hybridized carbons (Fsp3) is 0.458. The molecular weight excluding hydrogens is 467 g/mol. The van der Waals surface area contributed by atoms with Crippen LogP contribution in [0.25, 0.3) is 0 Å². The third kappa shape index (κ3) is 6.96. The lowest BCUT2D eigenvalue weighted by molar-refractivity contribution is -0.137. The molecule has 1 fully saturated rings. The summed E-state index contributed by atoms with van der Waals surface area (Å²) >= 11 is 0. The Labute approximate surface area is 198 Å². The Hall–Kier alpha value is -2.59. The van der Waals surface area contributed by atoms with Crippen LogP contribution >= 0.6 is 0 Å². The van der Waals surface area contributed by atoms with Crippen LogP contribution in [-0.2, 0) is 34.1 Å². The summed E-state index contributed by atoms with van der Waals surface area (Å²) in [6.07, 6.45) is -0.0678. The van der Waals surface area contributed by atoms with Gasteiger partial charge in [-0.1, -0.05) is 36.8 Å². The molecule has 1 amide bonds. The van der Waals surface area contributed by atoms with Crippen molar-refractivity contribution in [3.8, 4) is 0 Å². The van der Waals surface area contributed by atoms with Gasteiger partial charge in [-0.15, -0.1) is 0 Å². The van der Waals surface area contributed by atoms with E-state index in [1.165, 1.54) is 37.8 Å². The summed E-state index contributed by atoms with van der Waals surface area (Å²) < 4.78 is 64.8. The minimum absolute atomic E-state index is 0.174. The smallest absolute Gasteiger partial charge is 0.350 e. The fourth-order valence-corrected chi connectivity index (χ4v) is 5.27. The lowest BCUT2D eigenvalue weighted by Gasteiger charge is -2.28. The number of halogens is 3. The van der Waals surface area contributed by atoms with Crippen molar-refractivity contribution in [3.63, 3.8) is 0 Å². The summed E-state index contributed by atoms with van der Waals surface area (Å²) in [5, 5.41) is 2.69. The second-order valence-corrected chi connectivity index (χ2v) is 10.5. The molecule has 1 heterocycles. The van der Waals surface area contributed by atoms with Gasteiger partial charge in [-0.05, 0) is 62.2 Å². The third-order valence-corrected chi connectivity index (χ3v) is 7.10. The molecule has 0 radical (unpaired) electrons. The zero-order valence-electron chi connectivity index (χ0n) is 19.3. The molecule has 2 aromatic carbocycles. The molecule has 3 rings (SSSR count). The van der Waals surface area contributed by atoms with E-state index in [2.05, 4.69) is 10.2 Å². The molecule has 1 N–H and O–H groups in total. The Morgan fingerprint density at radius 3 is 2.26 bits per heavy atom. The molecule has 0 bridgehead atoms. The molecule has 1 atom stereocenters. The van der Waals surface area contributed by atoms with Crippen LogP contribution in [-0.4, -0.2) is 44.6 Å². The first-order valence-electron chi connectivity index (χ1n) is 11.2. The normalized spacial score (nSPS) is 16.1. The van der Waals surface area contributed by atoms with E-state index in [4.69, 9.17) is 0 Å². The average Bonchev–Trinajstić information content (AvgIpc) is 2.78. The molecule has 1 aliphatic rings. The van der Waals surface area contributed by atoms with Crippen LogP contribution in [0.1, 0.15) is 42.9 Å². The zero-order chi connectivity index (χ0) is 24.9. The fourth-order valence-electron chi connectivity index (χ4n) is 4.10. The van der Waals surface area contributed by atoms with Gasteiger partial charge in [-0.25, -0.2) is 8.42 Å². The number of rotatable bonds is 8. The van der Waals surface area contributed by atoms with E-state index < -0.39 is 33.7 Å². The lowest BCUT2D eigenvalue weighted by Crippen LogP contribution is -2.47. The minimum atomic E-state index is -4.63. The number of alkyl halides is 3. The number of anilines is 1. The number of nitrogens with one attached hydrogen (secondary N) is 1. The van der Waals surface area contributed by atoms with E-state index in [9.17, 15) is 26.4 Å². The van der Waals surface area contributed by atoms with E-state index in [1.807, 2.05) is 24.3 Å². The summed E-state index contributed by atoms with van der Waals surface area (Å²) in [5.74, 6) is -0.611. The number of piperidine rings is 1. The largest absolute Gasteiger partial charge is 0.416 e. The van der Waals surface area contributed by atoms with Crippen molar-refractivity contribution in [1.82, 2.24) is 10.2 Å². The molecule has 0 aliphatic carbocycles. The van der Waals surface area contributed by atoms with Gasteiger partial charge in [-0.2, -0.15) is 13.2 Å². The van der Waals surface area contributed by atoms with Crippen molar-refractivity contribution in [1.29, 1.82) is 0 Å². The zero-order valence-corrected chi connectivity index (χ0v) is 20.1. The summed E-state index contributed by atoms with van der Waals surface area (Å²) in [6, 6.07) is 10.5. The molecule has 0 spiro atoms. The molecule has 1 aliphatic heterocycles. The third-order valence-electron chi connectivity index (χ3n) is 5.86. The Balaban J connectivity index is 1.66. The number of benzene rings is 2. The number of nitrogens with zero attached hydrogens (tertiary/aromatic N) is 2. The Kier molecular flexibility index (Phi) is 8.25. The highest BCUT2D eigenvalue weighted by Crippen LogP contribution is 2.32. The SMILES string of the molecule is CC(C(=O)NCc1ccc(CN2CCCCC2)cc1)N(c1cccc(C(F)(F)F)c1)S(C)(=O)=O. The van der Waals surface area contributed by atoms with E-state index in [0.717, 1.165) is 49.7 Å². The molecule has 1 saturated heterocycles. The first-order valence-corrected chi connectivity index (χ1v) is 13.0. The van der Waals surface area contributed by atoms with Crippen LogP contribution in [0.4, 0.5) is 18.9 Å². The van der Waals surface area contributed by atoms with Gasteiger partial charge < -0.3 is 5.32 Å². The van der Waals surface area contributed by atoms with E-state index in [0.29, 0.717) is 4.31 Å². The topological polar surface area (TPSA) is 69.7 Å². The van der Waals surface area contributed by atoms with Gasteiger partial charge in [0.25, 0.3) is 0 Å². The number of carbonyl (C=O) groups is 1. The first kappa shape index (κ1) is 26.0. The second kappa shape index (κ2) is 10.8. The minimum Gasteiger partial charge on any atom is -0.350 e. The van der Waals surface area contributed by atoms with Crippen molar-refractivity contribution in [2.45, 2.75) is 51.5 Å². The predicted molar refractivity (Wildman–Crippen MR) is 126 cm³/mol. The molecule has 1 unspecified atom stereocenters. The predicted octanol–water partition coefficient (Wildman–Crippen LogP) is 4.16. The summed E-state index contributed by atoms with van der Waals surface area (Å²) in [4.78, 5) is 15.2. The van der Waals surface area contributed by atoms with Gasteiger partial charge in [0.05, 0.1) is 17.5 Å². The molecule has 0 saturated carbocycles. The van der Waals surface area contributed by atoms with Gasteiger partial charge in [0.15, 0.2) is 0 Å². The van der Waals surface area contributed by atoms with Crippen molar-refractivity contribution in [3.05, 3.63) is 65.2 Å². The summed E-state index contributed by atoms with van der Waals surface area (Å²) in [7, 11) is -4.03. The highest BCUT2D eigenvalue weighted by atomic mass is 32.2. The number of hydrogen-bond donors (Lipinski definition) is 1.